The van der Waals surface area contributed by atoms with Crippen molar-refractivity contribution in [2.45, 2.75) is 52.1 Å². The number of hydrogen-bond acceptors (Lipinski definition) is 4. The summed E-state index contributed by atoms with van der Waals surface area (Å²) in [7, 11) is 0. The molecule has 86 valence electrons. The second-order valence-corrected chi connectivity index (χ2v) is 3.63. The molecule has 0 aliphatic rings. The van der Waals surface area contributed by atoms with Crippen molar-refractivity contribution in [1.82, 2.24) is 0 Å². The summed E-state index contributed by atoms with van der Waals surface area (Å²) >= 11 is 0. The molecule has 0 amide bonds. The van der Waals surface area contributed by atoms with Crippen LogP contribution in [-0.2, 0) is 9.47 Å². The Morgan fingerprint density at radius 2 is 1.07 bits per heavy atom. The molecule has 0 fully saturated rings. The summed E-state index contributed by atoms with van der Waals surface area (Å²) in [5.41, 5.74) is 0. The monoisotopic (exact) mass is 206 g/mol. The Bertz CT molecular complexity index is 120. The maximum Gasteiger partial charge on any atom is 0.0804 e. The summed E-state index contributed by atoms with van der Waals surface area (Å²) in [6.45, 7) is 7.85. The fourth-order valence-electron chi connectivity index (χ4n) is 0.747. The molecule has 0 saturated heterocycles. The standard InChI is InChI=1S/C10H22O4/c1-7(11)9(3)13-5-6-14-10(4)8(2)12/h7-12H,5-6H2,1-4H3. The third kappa shape index (κ3) is 6.32. The van der Waals surface area contributed by atoms with E-state index in [1.165, 1.54) is 0 Å². The summed E-state index contributed by atoms with van der Waals surface area (Å²) in [6.07, 6.45) is -1.30. The van der Waals surface area contributed by atoms with E-state index in [0.29, 0.717) is 13.2 Å². The van der Waals surface area contributed by atoms with Gasteiger partial charge in [0.15, 0.2) is 0 Å². The van der Waals surface area contributed by atoms with E-state index in [9.17, 15) is 0 Å². The topological polar surface area (TPSA) is 58.9 Å². The second-order valence-electron chi connectivity index (χ2n) is 3.63. The largest absolute Gasteiger partial charge is 0.391 e. The minimum absolute atomic E-state index is 0.180. The van der Waals surface area contributed by atoms with E-state index in [1.54, 1.807) is 13.8 Å². The minimum atomic E-state index is -0.468. The molecule has 0 aromatic carbocycles. The molecule has 4 atom stereocenters. The van der Waals surface area contributed by atoms with Crippen molar-refractivity contribution < 1.29 is 19.7 Å². The Labute approximate surface area is 85.8 Å². The lowest BCUT2D eigenvalue weighted by molar-refractivity contribution is -0.0707. The Morgan fingerprint density at radius 1 is 0.786 bits per heavy atom. The van der Waals surface area contributed by atoms with E-state index < -0.39 is 12.2 Å². The average molecular weight is 206 g/mol. The van der Waals surface area contributed by atoms with Crippen LogP contribution < -0.4 is 0 Å². The Hall–Kier alpha value is -0.160. The predicted molar refractivity (Wildman–Crippen MR) is 54.2 cm³/mol. The first-order valence-corrected chi connectivity index (χ1v) is 5.04. The number of aliphatic hydroxyl groups is 2. The molecule has 0 aromatic rings. The maximum absolute atomic E-state index is 9.11. The lowest BCUT2D eigenvalue weighted by atomic mass is 10.2. The van der Waals surface area contributed by atoms with E-state index >= 15 is 0 Å². The molecule has 0 aliphatic carbocycles. The van der Waals surface area contributed by atoms with Crippen LogP contribution in [0.25, 0.3) is 0 Å². The molecule has 0 spiro atoms. The van der Waals surface area contributed by atoms with Crippen LogP contribution in [0.3, 0.4) is 0 Å². The van der Waals surface area contributed by atoms with Crippen LogP contribution in [0.2, 0.25) is 0 Å². The zero-order valence-corrected chi connectivity index (χ0v) is 9.43. The van der Waals surface area contributed by atoms with Crippen molar-refractivity contribution >= 4 is 0 Å². The number of rotatable bonds is 7. The van der Waals surface area contributed by atoms with Crippen molar-refractivity contribution in [2.75, 3.05) is 13.2 Å². The first-order chi connectivity index (χ1) is 6.45. The third-order valence-corrected chi connectivity index (χ3v) is 2.20. The van der Waals surface area contributed by atoms with Gasteiger partial charge in [-0.3, -0.25) is 0 Å². The van der Waals surface area contributed by atoms with Crippen LogP contribution in [0, 0.1) is 0 Å². The van der Waals surface area contributed by atoms with Gasteiger partial charge in [0.1, 0.15) is 0 Å². The Morgan fingerprint density at radius 3 is 1.29 bits per heavy atom. The summed E-state index contributed by atoms with van der Waals surface area (Å²) in [6, 6.07) is 0. The van der Waals surface area contributed by atoms with Gasteiger partial charge in [-0.2, -0.15) is 0 Å². The second kappa shape index (κ2) is 7.17. The van der Waals surface area contributed by atoms with Crippen molar-refractivity contribution in [3.63, 3.8) is 0 Å². The van der Waals surface area contributed by atoms with Gasteiger partial charge in [0, 0.05) is 0 Å². The molecule has 14 heavy (non-hydrogen) atoms. The Kier molecular flexibility index (Phi) is 7.09. The smallest absolute Gasteiger partial charge is 0.0804 e. The highest BCUT2D eigenvalue weighted by Gasteiger charge is 2.10. The molecule has 4 heteroatoms. The molecule has 0 heterocycles. The van der Waals surface area contributed by atoms with Gasteiger partial charge in [-0.05, 0) is 27.7 Å². The molecule has 0 aliphatic heterocycles. The first-order valence-electron chi connectivity index (χ1n) is 5.04. The number of hydrogen-bond donors (Lipinski definition) is 2. The molecule has 0 aromatic heterocycles. The SMILES string of the molecule is CC(O)C(C)OCCOC(C)C(C)O. The van der Waals surface area contributed by atoms with Crippen molar-refractivity contribution in [1.29, 1.82) is 0 Å². The zero-order chi connectivity index (χ0) is 11.1. The van der Waals surface area contributed by atoms with Gasteiger partial charge in [0.25, 0.3) is 0 Å². The Balaban J connectivity index is 3.38. The fraction of sp³-hybridized carbons (Fsp3) is 1.00. The zero-order valence-electron chi connectivity index (χ0n) is 9.43. The predicted octanol–water partition coefficient (Wildman–Crippen LogP) is 0.558. The first kappa shape index (κ1) is 13.8. The highest BCUT2D eigenvalue weighted by molar-refractivity contribution is 4.58. The molecule has 2 N–H and O–H groups in total. The third-order valence-electron chi connectivity index (χ3n) is 2.20. The minimum Gasteiger partial charge on any atom is -0.391 e. The summed E-state index contributed by atoms with van der Waals surface area (Å²) < 4.78 is 10.6. The molecule has 0 saturated carbocycles. The van der Waals surface area contributed by atoms with E-state index in [1.807, 2.05) is 13.8 Å². The normalized spacial score (nSPS) is 20.1. The van der Waals surface area contributed by atoms with E-state index in [-0.39, 0.29) is 12.2 Å². The molecular formula is C10H22O4. The number of ether oxygens (including phenoxy) is 2. The van der Waals surface area contributed by atoms with Gasteiger partial charge < -0.3 is 19.7 Å². The van der Waals surface area contributed by atoms with Gasteiger partial charge in [-0.15, -0.1) is 0 Å². The lowest BCUT2D eigenvalue weighted by Crippen LogP contribution is -2.27. The highest BCUT2D eigenvalue weighted by Crippen LogP contribution is 2.00. The molecule has 4 nitrogen and oxygen atoms in total. The quantitative estimate of drug-likeness (QED) is 0.597. The van der Waals surface area contributed by atoms with Crippen molar-refractivity contribution in [3.8, 4) is 0 Å². The lowest BCUT2D eigenvalue weighted by Gasteiger charge is -2.18. The van der Waals surface area contributed by atoms with Crippen LogP contribution in [0.5, 0.6) is 0 Å². The van der Waals surface area contributed by atoms with Gasteiger partial charge in [0.05, 0.1) is 37.6 Å². The molecule has 0 radical (unpaired) electrons. The van der Waals surface area contributed by atoms with Crippen LogP contribution in [0.4, 0.5) is 0 Å². The van der Waals surface area contributed by atoms with Crippen LogP contribution >= 0.6 is 0 Å². The van der Waals surface area contributed by atoms with Crippen LogP contribution in [0.15, 0.2) is 0 Å². The highest BCUT2D eigenvalue weighted by atomic mass is 16.5. The van der Waals surface area contributed by atoms with E-state index in [2.05, 4.69) is 0 Å². The maximum atomic E-state index is 9.11. The van der Waals surface area contributed by atoms with Crippen LogP contribution in [-0.4, -0.2) is 47.8 Å². The average Bonchev–Trinajstić information content (AvgIpc) is 2.11. The van der Waals surface area contributed by atoms with E-state index in [4.69, 9.17) is 19.7 Å². The van der Waals surface area contributed by atoms with Crippen molar-refractivity contribution in [2.24, 2.45) is 0 Å². The summed E-state index contributed by atoms with van der Waals surface area (Å²) in [4.78, 5) is 0. The van der Waals surface area contributed by atoms with E-state index in [0.717, 1.165) is 0 Å². The molecule has 0 bridgehead atoms. The van der Waals surface area contributed by atoms with Gasteiger partial charge in [-0.25, -0.2) is 0 Å². The van der Waals surface area contributed by atoms with Crippen LogP contribution in [0.1, 0.15) is 27.7 Å². The van der Waals surface area contributed by atoms with Gasteiger partial charge >= 0.3 is 0 Å². The molecular weight excluding hydrogens is 184 g/mol. The number of aliphatic hydroxyl groups excluding tert-OH is 2. The molecule has 4 unspecified atom stereocenters. The van der Waals surface area contributed by atoms with Gasteiger partial charge in [0.2, 0.25) is 0 Å². The molecule has 0 rings (SSSR count). The summed E-state index contributed by atoms with van der Waals surface area (Å²) in [5.74, 6) is 0. The van der Waals surface area contributed by atoms with Gasteiger partial charge in [-0.1, -0.05) is 0 Å². The fourth-order valence-corrected chi connectivity index (χ4v) is 0.747. The summed E-state index contributed by atoms with van der Waals surface area (Å²) in [5, 5.41) is 18.2. The van der Waals surface area contributed by atoms with Crippen molar-refractivity contribution in [3.05, 3.63) is 0 Å².